The SMILES string of the molecule is Cc1cccc(C=C2Oc3cc(OC(=O)c4cccs4)ccc3C2=O)c1. The van der Waals surface area contributed by atoms with E-state index in [-0.39, 0.29) is 11.5 Å². The molecule has 0 amide bonds. The van der Waals surface area contributed by atoms with Crippen LogP contribution in [0.25, 0.3) is 6.08 Å². The van der Waals surface area contributed by atoms with E-state index in [0.717, 1.165) is 11.1 Å². The van der Waals surface area contributed by atoms with Gasteiger partial charge in [0.15, 0.2) is 5.76 Å². The molecule has 3 aromatic rings. The molecule has 1 aliphatic heterocycles. The Labute approximate surface area is 154 Å². The van der Waals surface area contributed by atoms with Crippen molar-refractivity contribution in [1.82, 2.24) is 0 Å². The number of benzene rings is 2. The van der Waals surface area contributed by atoms with Crippen molar-refractivity contribution in [2.24, 2.45) is 0 Å². The number of carbonyl (C=O) groups excluding carboxylic acids is 2. The number of ether oxygens (including phenoxy) is 2. The quantitative estimate of drug-likeness (QED) is 0.378. The fourth-order valence-corrected chi connectivity index (χ4v) is 3.29. The minimum atomic E-state index is -0.431. The number of aryl methyl sites for hydroxylation is 1. The Morgan fingerprint density at radius 2 is 2.00 bits per heavy atom. The Bertz CT molecular complexity index is 1030. The van der Waals surface area contributed by atoms with Crippen molar-refractivity contribution in [3.63, 3.8) is 0 Å². The van der Waals surface area contributed by atoms with E-state index in [1.165, 1.54) is 11.3 Å². The highest BCUT2D eigenvalue weighted by atomic mass is 32.1. The van der Waals surface area contributed by atoms with E-state index in [9.17, 15) is 9.59 Å². The highest BCUT2D eigenvalue weighted by molar-refractivity contribution is 7.12. The van der Waals surface area contributed by atoms with Gasteiger partial charge in [-0.2, -0.15) is 0 Å². The first-order chi connectivity index (χ1) is 12.6. The number of fused-ring (bicyclic) bond motifs is 1. The highest BCUT2D eigenvalue weighted by Gasteiger charge is 2.28. The van der Waals surface area contributed by atoms with Crippen LogP contribution in [-0.4, -0.2) is 11.8 Å². The fourth-order valence-electron chi connectivity index (χ4n) is 2.69. The lowest BCUT2D eigenvalue weighted by Gasteiger charge is -2.04. The molecule has 1 aliphatic rings. The zero-order valence-corrected chi connectivity index (χ0v) is 14.7. The number of allylic oxidation sites excluding steroid dienone is 1. The van der Waals surface area contributed by atoms with Crippen molar-refractivity contribution in [2.75, 3.05) is 0 Å². The Hall–Kier alpha value is -3.18. The molecule has 0 saturated carbocycles. The molecule has 2 heterocycles. The van der Waals surface area contributed by atoms with Crippen molar-refractivity contribution in [2.45, 2.75) is 6.92 Å². The predicted molar refractivity (Wildman–Crippen MR) is 99.8 cm³/mol. The van der Waals surface area contributed by atoms with Gasteiger partial charge in [-0.1, -0.05) is 35.9 Å². The van der Waals surface area contributed by atoms with Crippen molar-refractivity contribution in [1.29, 1.82) is 0 Å². The molecule has 0 radical (unpaired) electrons. The molecule has 2 aromatic carbocycles. The molecule has 26 heavy (non-hydrogen) atoms. The molecule has 0 bridgehead atoms. The Morgan fingerprint density at radius 3 is 2.77 bits per heavy atom. The van der Waals surface area contributed by atoms with Crippen molar-refractivity contribution < 1.29 is 19.1 Å². The maximum Gasteiger partial charge on any atom is 0.353 e. The highest BCUT2D eigenvalue weighted by Crippen LogP contribution is 2.35. The minimum absolute atomic E-state index is 0.183. The average Bonchev–Trinajstić information content (AvgIpc) is 3.24. The molecule has 0 aliphatic carbocycles. The second-order valence-electron chi connectivity index (χ2n) is 5.88. The van der Waals surface area contributed by atoms with Gasteiger partial charge in [-0.3, -0.25) is 4.79 Å². The van der Waals surface area contributed by atoms with Crippen LogP contribution in [0, 0.1) is 6.92 Å². The lowest BCUT2D eigenvalue weighted by molar-refractivity contribution is 0.0739. The van der Waals surface area contributed by atoms with E-state index in [2.05, 4.69) is 0 Å². The van der Waals surface area contributed by atoms with Gasteiger partial charge in [0.05, 0.1) is 5.56 Å². The molecule has 1 aromatic heterocycles. The second kappa shape index (κ2) is 6.61. The molecule has 0 saturated heterocycles. The summed E-state index contributed by atoms with van der Waals surface area (Å²) in [7, 11) is 0. The number of Topliss-reactive ketones (excluding diaryl/α,β-unsaturated/α-hetero) is 1. The number of hydrogen-bond acceptors (Lipinski definition) is 5. The lowest BCUT2D eigenvalue weighted by atomic mass is 10.1. The molecule has 0 N–H and O–H groups in total. The standard InChI is InChI=1S/C21H14O4S/c1-13-4-2-5-14(10-13)11-18-20(22)16-8-7-15(12-17(16)25-18)24-21(23)19-6-3-9-26-19/h2-12H,1H3. The van der Waals surface area contributed by atoms with Gasteiger partial charge < -0.3 is 9.47 Å². The molecule has 4 nitrogen and oxygen atoms in total. The van der Waals surface area contributed by atoms with Gasteiger partial charge in [-0.25, -0.2) is 4.79 Å². The van der Waals surface area contributed by atoms with E-state index >= 15 is 0 Å². The van der Waals surface area contributed by atoms with E-state index in [0.29, 0.717) is 21.9 Å². The van der Waals surface area contributed by atoms with E-state index in [1.807, 2.05) is 36.6 Å². The number of esters is 1. The fraction of sp³-hybridized carbons (Fsp3) is 0.0476. The van der Waals surface area contributed by atoms with Gasteiger partial charge >= 0.3 is 5.97 Å². The maximum atomic E-state index is 12.5. The minimum Gasteiger partial charge on any atom is -0.452 e. The normalized spacial score (nSPS) is 14.2. The van der Waals surface area contributed by atoms with E-state index in [4.69, 9.17) is 9.47 Å². The molecular formula is C21H14O4S. The van der Waals surface area contributed by atoms with Crippen LogP contribution in [0.2, 0.25) is 0 Å². The molecule has 4 rings (SSSR count). The van der Waals surface area contributed by atoms with Crippen LogP contribution in [0.15, 0.2) is 65.7 Å². The van der Waals surface area contributed by atoms with Crippen LogP contribution in [0.3, 0.4) is 0 Å². The van der Waals surface area contributed by atoms with Gasteiger partial charge in [0.25, 0.3) is 0 Å². The third-order valence-corrected chi connectivity index (χ3v) is 4.76. The topological polar surface area (TPSA) is 52.6 Å². The number of thiophene rings is 1. The zero-order chi connectivity index (χ0) is 18.1. The Balaban J connectivity index is 1.58. The third kappa shape index (κ3) is 3.17. The largest absolute Gasteiger partial charge is 0.452 e. The first-order valence-electron chi connectivity index (χ1n) is 8.01. The van der Waals surface area contributed by atoms with Crippen LogP contribution in [-0.2, 0) is 0 Å². The zero-order valence-electron chi connectivity index (χ0n) is 13.9. The monoisotopic (exact) mass is 362 g/mol. The number of hydrogen-bond donors (Lipinski definition) is 0. The summed E-state index contributed by atoms with van der Waals surface area (Å²) in [6.07, 6.45) is 1.71. The summed E-state index contributed by atoms with van der Waals surface area (Å²) in [4.78, 5) is 25.1. The molecule has 128 valence electrons. The van der Waals surface area contributed by atoms with Crippen LogP contribution in [0.4, 0.5) is 0 Å². The molecule has 5 heteroatoms. The van der Waals surface area contributed by atoms with Crippen LogP contribution >= 0.6 is 11.3 Å². The van der Waals surface area contributed by atoms with Crippen molar-refractivity contribution in [3.8, 4) is 11.5 Å². The van der Waals surface area contributed by atoms with Gasteiger partial charge in [0.1, 0.15) is 16.4 Å². The third-order valence-electron chi connectivity index (χ3n) is 3.91. The summed E-state index contributed by atoms with van der Waals surface area (Å²) in [6.45, 7) is 1.99. The average molecular weight is 362 g/mol. The number of ketones is 1. The lowest BCUT2D eigenvalue weighted by Crippen LogP contribution is -2.06. The van der Waals surface area contributed by atoms with Crippen LogP contribution < -0.4 is 9.47 Å². The number of carbonyl (C=O) groups is 2. The molecule has 0 spiro atoms. The summed E-state index contributed by atoms with van der Waals surface area (Å²) >= 11 is 1.31. The Morgan fingerprint density at radius 1 is 1.12 bits per heavy atom. The molecule has 0 unspecified atom stereocenters. The van der Waals surface area contributed by atoms with Crippen LogP contribution in [0.1, 0.15) is 31.2 Å². The van der Waals surface area contributed by atoms with Crippen LogP contribution in [0.5, 0.6) is 11.5 Å². The Kier molecular flexibility index (Phi) is 4.14. The summed E-state index contributed by atoms with van der Waals surface area (Å²) in [5.74, 6) is 0.377. The van der Waals surface area contributed by atoms with E-state index < -0.39 is 5.97 Å². The summed E-state index contributed by atoms with van der Waals surface area (Å²) in [5, 5.41) is 1.81. The molecule has 0 fully saturated rings. The smallest absolute Gasteiger partial charge is 0.353 e. The first-order valence-corrected chi connectivity index (χ1v) is 8.89. The summed E-state index contributed by atoms with van der Waals surface area (Å²) in [5.41, 5.74) is 2.45. The molecule has 0 atom stereocenters. The first kappa shape index (κ1) is 16.3. The summed E-state index contributed by atoms with van der Waals surface area (Å²) in [6, 6.07) is 16.1. The second-order valence-corrected chi connectivity index (χ2v) is 6.83. The number of rotatable bonds is 3. The van der Waals surface area contributed by atoms with Gasteiger partial charge in [-0.05, 0) is 42.1 Å². The van der Waals surface area contributed by atoms with Gasteiger partial charge in [0, 0.05) is 6.07 Å². The van der Waals surface area contributed by atoms with Crippen molar-refractivity contribution >= 4 is 29.2 Å². The van der Waals surface area contributed by atoms with E-state index in [1.54, 1.807) is 36.4 Å². The van der Waals surface area contributed by atoms with Gasteiger partial charge in [0.2, 0.25) is 5.78 Å². The summed E-state index contributed by atoms with van der Waals surface area (Å²) < 4.78 is 11.0. The predicted octanol–water partition coefficient (Wildman–Crippen LogP) is 4.89. The van der Waals surface area contributed by atoms with Gasteiger partial charge in [-0.15, -0.1) is 11.3 Å². The molecular weight excluding hydrogens is 348 g/mol. The van der Waals surface area contributed by atoms with Crippen molar-refractivity contribution in [3.05, 3.63) is 87.3 Å². The maximum absolute atomic E-state index is 12.5.